The molecule has 0 saturated heterocycles. The van der Waals surface area contributed by atoms with Gasteiger partial charge in [0, 0.05) is 47.1 Å². The van der Waals surface area contributed by atoms with Crippen molar-refractivity contribution in [1.29, 1.82) is 0 Å². The van der Waals surface area contributed by atoms with Gasteiger partial charge >= 0.3 is 0 Å². The molecule has 4 rings (SSSR count). The molecular formula is C25H28ClN2OS+. The molecule has 0 aliphatic carbocycles. The summed E-state index contributed by atoms with van der Waals surface area (Å²) in [5.74, 6) is 0.484. The molecule has 5 heteroatoms. The van der Waals surface area contributed by atoms with E-state index in [1.54, 1.807) is 16.7 Å². The predicted octanol–water partition coefficient (Wildman–Crippen LogP) is 6.21. The lowest BCUT2D eigenvalue weighted by Crippen LogP contribution is -2.43. The number of unbranched alkanes of at least 4 members (excludes halogenated alkanes) is 1. The standard InChI is InChI=1S/C25H28ClN2OS/c1-3-4-7-21-12-9-18-6-5-8-22-23(15-16-28(21)25(18)22)30-17-24(29)27(2)20-13-10-19(26)11-14-20/h5-6,8,10-11,13-16,21H,3-4,7,9,12,17H2,1-2H3/q+1. The Bertz CT molecular complexity index is 1050. The van der Waals surface area contributed by atoms with Gasteiger partial charge < -0.3 is 4.90 Å². The second-order valence-electron chi connectivity index (χ2n) is 7.95. The predicted molar refractivity (Wildman–Crippen MR) is 127 cm³/mol. The lowest BCUT2D eigenvalue weighted by atomic mass is 9.94. The van der Waals surface area contributed by atoms with E-state index in [9.17, 15) is 4.79 Å². The minimum atomic E-state index is 0.0799. The van der Waals surface area contributed by atoms with Crippen LogP contribution in [0.2, 0.25) is 5.02 Å². The van der Waals surface area contributed by atoms with Crippen LogP contribution < -0.4 is 9.47 Å². The van der Waals surface area contributed by atoms with E-state index in [0.717, 1.165) is 12.1 Å². The number of amides is 1. The van der Waals surface area contributed by atoms with Crippen LogP contribution in [0.5, 0.6) is 0 Å². The lowest BCUT2D eigenvalue weighted by molar-refractivity contribution is -0.703. The molecule has 0 saturated carbocycles. The van der Waals surface area contributed by atoms with Gasteiger partial charge in [0.2, 0.25) is 11.4 Å². The fourth-order valence-corrected chi connectivity index (χ4v) is 5.34. The third-order valence-corrected chi connectivity index (χ3v) is 7.31. The third kappa shape index (κ3) is 4.35. The van der Waals surface area contributed by atoms with Gasteiger partial charge in [-0.05, 0) is 43.2 Å². The Labute approximate surface area is 188 Å². The molecule has 0 N–H and O–H groups in total. The first-order valence-corrected chi connectivity index (χ1v) is 12.1. The molecule has 1 aliphatic rings. The number of benzene rings is 2. The zero-order valence-electron chi connectivity index (χ0n) is 17.6. The van der Waals surface area contributed by atoms with E-state index < -0.39 is 0 Å². The molecule has 0 bridgehead atoms. The van der Waals surface area contributed by atoms with Crippen molar-refractivity contribution in [2.75, 3.05) is 17.7 Å². The molecule has 0 spiro atoms. The van der Waals surface area contributed by atoms with Crippen LogP contribution >= 0.6 is 23.4 Å². The zero-order valence-corrected chi connectivity index (χ0v) is 19.2. The van der Waals surface area contributed by atoms with Gasteiger partial charge in [-0.2, -0.15) is 4.57 Å². The Morgan fingerprint density at radius 1 is 1.20 bits per heavy atom. The molecule has 2 aromatic carbocycles. The molecule has 3 nitrogen and oxygen atoms in total. The number of pyridine rings is 1. The van der Waals surface area contributed by atoms with Crippen molar-refractivity contribution >= 4 is 45.9 Å². The van der Waals surface area contributed by atoms with Crippen LogP contribution in [0, 0.1) is 0 Å². The number of nitrogens with zero attached hydrogens (tertiary/aromatic N) is 2. The largest absolute Gasteiger partial charge is 0.315 e. The van der Waals surface area contributed by atoms with Gasteiger partial charge in [0.1, 0.15) is 0 Å². The molecule has 3 aromatic rings. The van der Waals surface area contributed by atoms with Gasteiger partial charge in [0.15, 0.2) is 12.2 Å². The summed E-state index contributed by atoms with van der Waals surface area (Å²) in [4.78, 5) is 15.7. The van der Waals surface area contributed by atoms with Crippen molar-refractivity contribution in [2.24, 2.45) is 0 Å². The van der Waals surface area contributed by atoms with Crippen molar-refractivity contribution in [1.82, 2.24) is 0 Å². The fraction of sp³-hybridized carbons (Fsp3) is 0.360. The van der Waals surface area contributed by atoms with Crippen molar-refractivity contribution in [3.05, 3.63) is 65.3 Å². The molecule has 2 heterocycles. The lowest BCUT2D eigenvalue weighted by Gasteiger charge is -2.21. The molecule has 0 fully saturated rings. The van der Waals surface area contributed by atoms with E-state index in [0.29, 0.717) is 16.8 Å². The third-order valence-electron chi connectivity index (χ3n) is 6.00. The second kappa shape index (κ2) is 9.40. The number of thioether (sulfide) groups is 1. The van der Waals surface area contributed by atoms with Crippen molar-refractivity contribution in [2.45, 2.75) is 50.0 Å². The maximum atomic E-state index is 12.8. The molecule has 1 aromatic heterocycles. The number of carbonyl (C=O) groups is 1. The van der Waals surface area contributed by atoms with Gasteiger partial charge in [-0.25, -0.2) is 0 Å². The highest BCUT2D eigenvalue weighted by Gasteiger charge is 2.29. The monoisotopic (exact) mass is 439 g/mol. The van der Waals surface area contributed by atoms with E-state index in [1.807, 2.05) is 31.3 Å². The Morgan fingerprint density at radius 2 is 2.00 bits per heavy atom. The van der Waals surface area contributed by atoms with Crippen molar-refractivity contribution < 1.29 is 9.36 Å². The van der Waals surface area contributed by atoms with Gasteiger partial charge in [0.05, 0.1) is 11.1 Å². The summed E-state index contributed by atoms with van der Waals surface area (Å²) in [6.45, 7) is 2.26. The summed E-state index contributed by atoms with van der Waals surface area (Å²) in [6, 6.07) is 16.8. The number of halogens is 1. The minimum Gasteiger partial charge on any atom is -0.315 e. The molecule has 1 atom stereocenters. The first-order valence-electron chi connectivity index (χ1n) is 10.7. The highest BCUT2D eigenvalue weighted by atomic mass is 35.5. The van der Waals surface area contributed by atoms with Crippen LogP contribution in [0.15, 0.2) is 59.6 Å². The molecular weight excluding hydrogens is 412 g/mol. The van der Waals surface area contributed by atoms with E-state index in [4.69, 9.17) is 11.6 Å². The van der Waals surface area contributed by atoms with Crippen molar-refractivity contribution in [3.63, 3.8) is 0 Å². The Hall–Kier alpha value is -2.04. The number of carbonyl (C=O) groups excluding carboxylic acids is 1. The molecule has 30 heavy (non-hydrogen) atoms. The fourth-order valence-electron chi connectivity index (χ4n) is 4.27. The highest BCUT2D eigenvalue weighted by Crippen LogP contribution is 2.33. The Balaban J connectivity index is 1.55. The van der Waals surface area contributed by atoms with Gasteiger partial charge in [-0.15, -0.1) is 11.8 Å². The van der Waals surface area contributed by atoms with Gasteiger partial charge in [-0.3, -0.25) is 4.79 Å². The molecule has 1 aliphatic heterocycles. The van der Waals surface area contributed by atoms with Crippen LogP contribution in [0.3, 0.4) is 0 Å². The van der Waals surface area contributed by atoms with E-state index >= 15 is 0 Å². The second-order valence-corrected chi connectivity index (χ2v) is 9.41. The van der Waals surface area contributed by atoms with Crippen LogP contribution in [-0.4, -0.2) is 18.7 Å². The zero-order chi connectivity index (χ0) is 21.1. The number of para-hydroxylation sites is 1. The highest BCUT2D eigenvalue weighted by molar-refractivity contribution is 8.00. The van der Waals surface area contributed by atoms with E-state index in [1.165, 1.54) is 47.0 Å². The summed E-state index contributed by atoms with van der Waals surface area (Å²) < 4.78 is 2.48. The summed E-state index contributed by atoms with van der Waals surface area (Å²) in [6.07, 6.45) is 8.33. The quantitative estimate of drug-likeness (QED) is 0.322. The number of aryl methyl sites for hydroxylation is 1. The summed E-state index contributed by atoms with van der Waals surface area (Å²) in [7, 11) is 1.82. The molecule has 1 amide bonds. The summed E-state index contributed by atoms with van der Waals surface area (Å²) in [5.41, 5.74) is 3.64. The minimum absolute atomic E-state index is 0.0799. The maximum Gasteiger partial charge on any atom is 0.237 e. The summed E-state index contributed by atoms with van der Waals surface area (Å²) >= 11 is 7.59. The molecule has 0 radical (unpaired) electrons. The molecule has 156 valence electrons. The number of aromatic nitrogens is 1. The summed E-state index contributed by atoms with van der Waals surface area (Å²) in [5, 5.41) is 1.94. The van der Waals surface area contributed by atoms with Crippen LogP contribution in [-0.2, 0) is 11.2 Å². The van der Waals surface area contributed by atoms with Crippen LogP contribution in [0.25, 0.3) is 10.9 Å². The van der Waals surface area contributed by atoms with Gasteiger partial charge in [0.25, 0.3) is 0 Å². The first-order chi connectivity index (χ1) is 14.6. The normalized spacial score (nSPS) is 15.4. The molecule has 1 unspecified atom stereocenters. The average molecular weight is 440 g/mol. The number of hydrogen-bond donors (Lipinski definition) is 0. The Morgan fingerprint density at radius 3 is 2.77 bits per heavy atom. The maximum absolute atomic E-state index is 12.8. The number of hydrogen-bond acceptors (Lipinski definition) is 2. The number of rotatable bonds is 7. The van der Waals surface area contributed by atoms with E-state index in [-0.39, 0.29) is 5.91 Å². The van der Waals surface area contributed by atoms with Gasteiger partial charge in [-0.1, -0.05) is 37.1 Å². The van der Waals surface area contributed by atoms with Crippen LogP contribution in [0.1, 0.15) is 44.2 Å². The SMILES string of the molecule is CCCCC1CCc2cccc3c(SCC(=O)N(C)c4ccc(Cl)cc4)cc[n+]1c23. The topological polar surface area (TPSA) is 24.2 Å². The van der Waals surface area contributed by atoms with E-state index in [2.05, 4.69) is 42.0 Å². The number of anilines is 1. The first kappa shape index (κ1) is 21.2. The smallest absolute Gasteiger partial charge is 0.237 e. The van der Waals surface area contributed by atoms with Crippen molar-refractivity contribution in [3.8, 4) is 0 Å². The average Bonchev–Trinajstić information content (AvgIpc) is 2.78. The Kier molecular flexibility index (Phi) is 6.64. The van der Waals surface area contributed by atoms with Crippen LogP contribution in [0.4, 0.5) is 5.69 Å².